The number of anilines is 3. The van der Waals surface area contributed by atoms with E-state index in [1.54, 1.807) is 6.21 Å². The summed E-state index contributed by atoms with van der Waals surface area (Å²) >= 11 is 0. The summed E-state index contributed by atoms with van der Waals surface area (Å²) in [5.74, 6) is 1.96. The molecule has 2 fully saturated rings. The zero-order chi connectivity index (χ0) is 22.6. The minimum Gasteiger partial charge on any atom is -0.399 e. The van der Waals surface area contributed by atoms with Crippen LogP contribution in [0, 0.1) is 0 Å². The van der Waals surface area contributed by atoms with E-state index in [1.807, 2.05) is 12.1 Å². The summed E-state index contributed by atoms with van der Waals surface area (Å²) in [5, 5.41) is 9.68. The van der Waals surface area contributed by atoms with Crippen molar-refractivity contribution in [2.45, 2.75) is 38.0 Å². The number of piperazine rings is 1. The number of hydrogen-bond acceptors (Lipinski definition) is 8. The van der Waals surface area contributed by atoms with Crippen LogP contribution in [0.15, 0.2) is 35.7 Å². The number of amides is 1. The molecule has 0 unspecified atom stereocenters. The van der Waals surface area contributed by atoms with Gasteiger partial charge in [0.05, 0.1) is 11.8 Å². The summed E-state index contributed by atoms with van der Waals surface area (Å²) in [6.45, 7) is 3.66. The summed E-state index contributed by atoms with van der Waals surface area (Å²) in [6, 6.07) is 8.25. The SMILES string of the molecule is CON=Cc1c(N)ncnc1N1CCNCC1.O=CNc1ccc(C2CCCCC2)cc1. The van der Waals surface area contributed by atoms with Gasteiger partial charge in [-0.2, -0.15) is 0 Å². The van der Waals surface area contributed by atoms with Crippen LogP contribution in [0.25, 0.3) is 0 Å². The third kappa shape index (κ3) is 6.65. The lowest BCUT2D eigenvalue weighted by Gasteiger charge is -2.29. The zero-order valence-electron chi connectivity index (χ0n) is 18.7. The Morgan fingerprint density at radius 1 is 1.16 bits per heavy atom. The van der Waals surface area contributed by atoms with Crippen LogP contribution in [0.5, 0.6) is 0 Å². The summed E-state index contributed by atoms with van der Waals surface area (Å²) in [4.78, 5) is 25.3. The van der Waals surface area contributed by atoms with Gasteiger partial charge < -0.3 is 26.1 Å². The molecule has 0 atom stereocenters. The van der Waals surface area contributed by atoms with Crippen molar-refractivity contribution in [3.63, 3.8) is 0 Å². The van der Waals surface area contributed by atoms with Crippen molar-refractivity contribution in [3.05, 3.63) is 41.7 Å². The van der Waals surface area contributed by atoms with E-state index >= 15 is 0 Å². The molecule has 32 heavy (non-hydrogen) atoms. The van der Waals surface area contributed by atoms with Crippen molar-refractivity contribution in [1.82, 2.24) is 15.3 Å². The highest BCUT2D eigenvalue weighted by Crippen LogP contribution is 2.32. The van der Waals surface area contributed by atoms with E-state index in [0.717, 1.165) is 50.0 Å². The van der Waals surface area contributed by atoms with Gasteiger partial charge in [0.25, 0.3) is 0 Å². The zero-order valence-corrected chi connectivity index (χ0v) is 18.7. The largest absolute Gasteiger partial charge is 0.399 e. The molecule has 9 heteroatoms. The Morgan fingerprint density at radius 3 is 2.53 bits per heavy atom. The second-order valence-electron chi connectivity index (χ2n) is 7.87. The Balaban J connectivity index is 0.000000182. The number of carbonyl (C=O) groups is 1. The molecule has 2 aliphatic rings. The van der Waals surface area contributed by atoms with Crippen molar-refractivity contribution < 1.29 is 9.63 Å². The molecule has 1 aliphatic carbocycles. The van der Waals surface area contributed by atoms with E-state index in [4.69, 9.17) is 5.73 Å². The fraction of sp³-hybridized carbons (Fsp3) is 0.478. The third-order valence-corrected chi connectivity index (χ3v) is 5.81. The van der Waals surface area contributed by atoms with Gasteiger partial charge in [-0.3, -0.25) is 4.79 Å². The molecule has 9 nitrogen and oxygen atoms in total. The highest BCUT2D eigenvalue weighted by atomic mass is 16.6. The lowest BCUT2D eigenvalue weighted by molar-refractivity contribution is -0.105. The van der Waals surface area contributed by atoms with Crippen LogP contribution >= 0.6 is 0 Å². The monoisotopic (exact) mass is 439 g/mol. The molecule has 0 bridgehead atoms. The van der Waals surface area contributed by atoms with Gasteiger partial charge in [-0.25, -0.2) is 9.97 Å². The predicted octanol–water partition coefficient (Wildman–Crippen LogP) is 2.75. The first-order chi connectivity index (χ1) is 15.7. The molecule has 1 amide bonds. The minimum atomic E-state index is 0.411. The molecule has 4 N–H and O–H groups in total. The van der Waals surface area contributed by atoms with Crippen molar-refractivity contribution in [2.75, 3.05) is 49.2 Å². The minimum absolute atomic E-state index is 0.411. The first-order valence-corrected chi connectivity index (χ1v) is 11.2. The van der Waals surface area contributed by atoms with Gasteiger partial charge in [0.2, 0.25) is 6.41 Å². The number of aromatic nitrogens is 2. The van der Waals surface area contributed by atoms with Crippen LogP contribution in [0.4, 0.5) is 17.3 Å². The molecule has 2 heterocycles. The second kappa shape index (κ2) is 12.6. The molecule has 172 valence electrons. The predicted molar refractivity (Wildman–Crippen MR) is 128 cm³/mol. The Bertz CT molecular complexity index is 861. The van der Waals surface area contributed by atoms with Crippen LogP contribution < -0.4 is 21.3 Å². The number of nitrogen functional groups attached to an aromatic ring is 1. The second-order valence-corrected chi connectivity index (χ2v) is 7.87. The van der Waals surface area contributed by atoms with Gasteiger partial charge >= 0.3 is 0 Å². The number of nitrogens with one attached hydrogen (secondary N) is 2. The van der Waals surface area contributed by atoms with E-state index < -0.39 is 0 Å². The number of rotatable bonds is 6. The standard InChI is InChI=1S/C13H17NO.C10H16N6O/c15-10-14-13-8-6-12(7-9-13)11-4-2-1-3-5-11;1-17-15-6-8-9(11)13-7-14-10(8)16-4-2-12-3-5-16/h6-11H,1-5H2,(H,14,15);6-7,12H,2-5H2,1H3,(H2,11,13,14). The molecule has 0 radical (unpaired) electrons. The number of hydrogen-bond donors (Lipinski definition) is 3. The van der Waals surface area contributed by atoms with Gasteiger partial charge in [-0.15, -0.1) is 0 Å². The van der Waals surface area contributed by atoms with E-state index in [9.17, 15) is 4.79 Å². The summed E-state index contributed by atoms with van der Waals surface area (Å²) in [6.07, 6.45) is 10.5. The average Bonchev–Trinajstić information content (AvgIpc) is 2.85. The van der Waals surface area contributed by atoms with Gasteiger partial charge in [0.1, 0.15) is 25.1 Å². The van der Waals surface area contributed by atoms with Gasteiger partial charge in [0, 0.05) is 31.9 Å². The number of nitrogens with two attached hydrogens (primary N) is 1. The van der Waals surface area contributed by atoms with Crippen LogP contribution in [-0.4, -0.2) is 55.9 Å². The molecule has 1 aliphatic heterocycles. The van der Waals surface area contributed by atoms with Crippen LogP contribution in [0.3, 0.4) is 0 Å². The van der Waals surface area contributed by atoms with Gasteiger partial charge in [-0.1, -0.05) is 36.6 Å². The van der Waals surface area contributed by atoms with Crippen molar-refractivity contribution in [1.29, 1.82) is 0 Å². The normalized spacial score (nSPS) is 16.8. The van der Waals surface area contributed by atoms with E-state index in [2.05, 4.69) is 47.6 Å². The van der Waals surface area contributed by atoms with Crippen LogP contribution in [-0.2, 0) is 9.63 Å². The van der Waals surface area contributed by atoms with Gasteiger partial charge in [-0.05, 0) is 36.5 Å². The first-order valence-electron chi connectivity index (χ1n) is 11.2. The lowest BCUT2D eigenvalue weighted by Crippen LogP contribution is -2.44. The topological polar surface area (TPSA) is 118 Å². The number of carbonyl (C=O) groups excluding carboxylic acids is 1. The summed E-state index contributed by atoms with van der Waals surface area (Å²) < 4.78 is 0. The molecule has 1 aromatic heterocycles. The number of benzene rings is 1. The molecule has 1 saturated heterocycles. The average molecular weight is 440 g/mol. The molecule has 0 spiro atoms. The van der Waals surface area contributed by atoms with Crippen molar-refractivity contribution in [3.8, 4) is 0 Å². The quantitative estimate of drug-likeness (QED) is 0.360. The Labute approximate surface area is 189 Å². The highest BCUT2D eigenvalue weighted by Gasteiger charge is 2.17. The lowest BCUT2D eigenvalue weighted by atomic mass is 9.84. The highest BCUT2D eigenvalue weighted by molar-refractivity contribution is 5.91. The van der Waals surface area contributed by atoms with E-state index in [-0.39, 0.29) is 0 Å². The fourth-order valence-corrected chi connectivity index (χ4v) is 4.11. The molecule has 2 aromatic rings. The van der Waals surface area contributed by atoms with E-state index in [0.29, 0.717) is 11.4 Å². The molecule has 4 rings (SSSR count). The van der Waals surface area contributed by atoms with Crippen LogP contribution in [0.2, 0.25) is 0 Å². The molecular formula is C23H33N7O2. The number of nitrogens with zero attached hydrogens (tertiary/aromatic N) is 4. The summed E-state index contributed by atoms with van der Waals surface area (Å²) in [7, 11) is 1.49. The molecule has 1 saturated carbocycles. The molecule has 1 aromatic carbocycles. The Hall–Kier alpha value is -3.20. The van der Waals surface area contributed by atoms with Gasteiger partial charge in [0.15, 0.2) is 0 Å². The summed E-state index contributed by atoms with van der Waals surface area (Å²) in [5.41, 5.74) is 8.84. The maximum Gasteiger partial charge on any atom is 0.211 e. The molecular weight excluding hydrogens is 406 g/mol. The van der Waals surface area contributed by atoms with Crippen molar-refractivity contribution in [2.24, 2.45) is 5.16 Å². The first kappa shape index (κ1) is 23.5. The number of oxime groups is 1. The van der Waals surface area contributed by atoms with E-state index in [1.165, 1.54) is 51.1 Å². The van der Waals surface area contributed by atoms with Crippen LogP contribution in [0.1, 0.15) is 49.1 Å². The maximum atomic E-state index is 10.2. The Kier molecular flexibility index (Phi) is 9.24. The third-order valence-electron chi connectivity index (χ3n) is 5.81. The Morgan fingerprint density at radius 2 is 1.88 bits per heavy atom. The van der Waals surface area contributed by atoms with Crippen molar-refractivity contribution >= 4 is 29.9 Å². The fourth-order valence-electron chi connectivity index (χ4n) is 4.11. The smallest absolute Gasteiger partial charge is 0.211 e. The maximum absolute atomic E-state index is 10.2.